The van der Waals surface area contributed by atoms with Crippen LogP contribution in [0.3, 0.4) is 0 Å². The maximum atomic E-state index is 12.2. The minimum Gasteiger partial charge on any atom is -0.435 e. The second-order valence-electron chi connectivity index (χ2n) is 5.36. The van der Waals surface area contributed by atoms with Gasteiger partial charge in [-0.1, -0.05) is 42.5 Å². The molecule has 0 aromatic heterocycles. The number of hydrogen-bond donors (Lipinski definition) is 3. The Bertz CT molecular complexity index is 681. The number of hydrogen-bond acceptors (Lipinski definition) is 3. The maximum Gasteiger partial charge on any atom is 0.387 e. The highest BCUT2D eigenvalue weighted by atomic mass is 19.3. The Morgan fingerprint density at radius 1 is 1.16 bits per heavy atom. The molecule has 1 atom stereocenters. The molecule has 0 fully saturated rings. The van der Waals surface area contributed by atoms with E-state index in [1.807, 2.05) is 30.3 Å². The highest BCUT2D eigenvalue weighted by Crippen LogP contribution is 2.21. The lowest BCUT2D eigenvalue weighted by Crippen LogP contribution is -2.33. The van der Waals surface area contributed by atoms with Gasteiger partial charge in [-0.05, 0) is 29.7 Å². The first-order valence-corrected chi connectivity index (χ1v) is 7.85. The Hall–Kier alpha value is -2.67. The van der Waals surface area contributed by atoms with Gasteiger partial charge in [-0.15, -0.1) is 0 Å². The van der Waals surface area contributed by atoms with Crippen LogP contribution in [0.1, 0.15) is 17.2 Å². The van der Waals surface area contributed by atoms with Crippen LogP contribution in [0, 0.1) is 0 Å². The van der Waals surface area contributed by atoms with Gasteiger partial charge in [-0.3, -0.25) is 4.99 Å². The molecular weight excluding hydrogens is 328 g/mol. The number of nitrogens with two attached hydrogens (primary N) is 1. The van der Waals surface area contributed by atoms with Crippen molar-refractivity contribution in [3.63, 3.8) is 0 Å². The van der Waals surface area contributed by atoms with Gasteiger partial charge in [0.2, 0.25) is 0 Å². The van der Waals surface area contributed by atoms with Crippen LogP contribution in [0.5, 0.6) is 5.75 Å². The number of aliphatic hydroxyl groups is 1. The topological polar surface area (TPSA) is 79.9 Å². The molecule has 0 aliphatic heterocycles. The molecule has 2 rings (SSSR count). The smallest absolute Gasteiger partial charge is 0.387 e. The summed E-state index contributed by atoms with van der Waals surface area (Å²) in [5, 5.41) is 13.1. The molecule has 0 saturated carbocycles. The molecule has 0 aliphatic rings. The second kappa shape index (κ2) is 9.58. The molecule has 0 saturated heterocycles. The highest BCUT2D eigenvalue weighted by Gasteiger charge is 2.10. The number of alkyl halides is 2. The lowest BCUT2D eigenvalue weighted by atomic mass is 10.1. The van der Waals surface area contributed by atoms with Crippen LogP contribution in [0.4, 0.5) is 8.78 Å². The molecule has 0 heterocycles. The van der Waals surface area contributed by atoms with Gasteiger partial charge in [-0.2, -0.15) is 8.78 Å². The summed E-state index contributed by atoms with van der Waals surface area (Å²) in [6.45, 7) is -2.27. The molecule has 2 aromatic carbocycles. The third-order valence-corrected chi connectivity index (χ3v) is 3.47. The normalized spacial score (nSPS) is 12.9. The van der Waals surface area contributed by atoms with Crippen molar-refractivity contribution < 1.29 is 18.6 Å². The molecule has 0 spiro atoms. The average Bonchev–Trinajstić information content (AvgIpc) is 2.60. The van der Waals surface area contributed by atoms with Gasteiger partial charge >= 0.3 is 6.61 Å². The molecule has 2 aromatic rings. The number of ether oxygens (including phenoxy) is 1. The summed E-state index contributed by atoms with van der Waals surface area (Å²) in [6, 6.07) is 15.8. The lowest BCUT2D eigenvalue weighted by Gasteiger charge is -2.12. The van der Waals surface area contributed by atoms with Crippen LogP contribution < -0.4 is 15.8 Å². The van der Waals surface area contributed by atoms with E-state index in [2.05, 4.69) is 15.0 Å². The van der Waals surface area contributed by atoms with E-state index in [4.69, 9.17) is 5.73 Å². The third-order valence-electron chi connectivity index (χ3n) is 3.47. The molecule has 1 unspecified atom stereocenters. The summed E-state index contributed by atoms with van der Waals surface area (Å²) in [4.78, 5) is 4.07. The van der Waals surface area contributed by atoms with Crippen molar-refractivity contribution in [2.24, 2.45) is 10.7 Å². The minimum atomic E-state index is -2.91. The number of nitrogens with one attached hydrogen (secondary N) is 1. The summed E-state index contributed by atoms with van der Waals surface area (Å²) in [5.74, 6) is 0.208. The van der Waals surface area contributed by atoms with Crippen LogP contribution in [0.2, 0.25) is 0 Å². The maximum absolute atomic E-state index is 12.2. The van der Waals surface area contributed by atoms with Crippen LogP contribution in [-0.4, -0.2) is 30.8 Å². The first-order valence-electron chi connectivity index (χ1n) is 7.85. The number of halogens is 2. The molecule has 0 radical (unpaired) electrons. The van der Waals surface area contributed by atoms with Gasteiger partial charge in [0.1, 0.15) is 5.75 Å². The number of guanidine groups is 1. The Labute approximate surface area is 145 Å². The Kier molecular flexibility index (Phi) is 7.16. The summed E-state index contributed by atoms with van der Waals surface area (Å²) in [6.07, 6.45) is -0.164. The molecule has 7 heteroatoms. The van der Waals surface area contributed by atoms with Crippen LogP contribution in [-0.2, 0) is 6.42 Å². The van der Waals surface area contributed by atoms with Crippen molar-refractivity contribution in [2.75, 3.05) is 13.1 Å². The fourth-order valence-electron chi connectivity index (χ4n) is 2.22. The summed E-state index contributed by atoms with van der Waals surface area (Å²) in [7, 11) is 0. The summed E-state index contributed by atoms with van der Waals surface area (Å²) in [5.41, 5.74) is 7.37. The molecule has 134 valence electrons. The van der Waals surface area contributed by atoms with E-state index in [9.17, 15) is 13.9 Å². The quantitative estimate of drug-likeness (QED) is 0.505. The second-order valence-corrected chi connectivity index (χ2v) is 5.36. The van der Waals surface area contributed by atoms with Crippen molar-refractivity contribution in [1.82, 2.24) is 5.32 Å². The van der Waals surface area contributed by atoms with E-state index in [0.29, 0.717) is 12.1 Å². The number of benzene rings is 2. The van der Waals surface area contributed by atoms with E-state index in [1.54, 1.807) is 6.07 Å². The van der Waals surface area contributed by atoms with Crippen LogP contribution >= 0.6 is 0 Å². The molecule has 25 heavy (non-hydrogen) atoms. The summed E-state index contributed by atoms with van der Waals surface area (Å²) >= 11 is 0. The lowest BCUT2D eigenvalue weighted by molar-refractivity contribution is -0.0499. The molecular formula is C18H21F2N3O2. The Balaban J connectivity index is 1.81. The van der Waals surface area contributed by atoms with Gasteiger partial charge < -0.3 is 20.9 Å². The van der Waals surface area contributed by atoms with E-state index in [0.717, 1.165) is 6.42 Å². The minimum absolute atomic E-state index is 0.00973. The molecule has 4 N–H and O–H groups in total. The number of rotatable bonds is 8. The molecule has 0 aliphatic carbocycles. The van der Waals surface area contributed by atoms with Crippen molar-refractivity contribution in [2.45, 2.75) is 19.1 Å². The third kappa shape index (κ3) is 6.76. The predicted octanol–water partition coefficient (Wildman–Crippen LogP) is 2.47. The van der Waals surface area contributed by atoms with Crippen LogP contribution in [0.15, 0.2) is 59.6 Å². The van der Waals surface area contributed by atoms with Crippen molar-refractivity contribution in [3.05, 3.63) is 65.7 Å². The molecule has 5 nitrogen and oxygen atoms in total. The standard InChI is InChI=1S/C18H21F2N3O2/c19-17(20)25-15-8-4-7-14(11-15)16(24)12-23-18(21)22-10-9-13-5-2-1-3-6-13/h1-8,11,16-17,24H,9-10,12H2,(H3,21,22,23). The monoisotopic (exact) mass is 349 g/mol. The van der Waals surface area contributed by atoms with E-state index < -0.39 is 12.7 Å². The van der Waals surface area contributed by atoms with E-state index >= 15 is 0 Å². The van der Waals surface area contributed by atoms with Crippen LogP contribution in [0.25, 0.3) is 0 Å². The van der Waals surface area contributed by atoms with Gasteiger partial charge in [0, 0.05) is 6.54 Å². The fraction of sp³-hybridized carbons (Fsp3) is 0.278. The van der Waals surface area contributed by atoms with Gasteiger partial charge in [0.25, 0.3) is 0 Å². The predicted molar refractivity (Wildman–Crippen MR) is 92.7 cm³/mol. The Morgan fingerprint density at radius 2 is 1.92 bits per heavy atom. The van der Waals surface area contributed by atoms with E-state index in [1.165, 1.54) is 23.8 Å². The zero-order chi connectivity index (χ0) is 18.1. The first kappa shape index (κ1) is 18.7. The molecule has 0 amide bonds. The van der Waals surface area contributed by atoms with Crippen molar-refractivity contribution in [1.29, 1.82) is 0 Å². The Morgan fingerprint density at radius 3 is 2.64 bits per heavy atom. The van der Waals surface area contributed by atoms with E-state index in [-0.39, 0.29) is 18.3 Å². The van der Waals surface area contributed by atoms with Gasteiger partial charge in [-0.25, -0.2) is 0 Å². The van der Waals surface area contributed by atoms with Gasteiger partial charge in [0.05, 0.1) is 12.6 Å². The average molecular weight is 349 g/mol. The zero-order valence-corrected chi connectivity index (χ0v) is 13.6. The highest BCUT2D eigenvalue weighted by molar-refractivity contribution is 5.77. The number of aliphatic hydroxyl groups excluding tert-OH is 1. The van der Waals surface area contributed by atoms with Gasteiger partial charge in [0.15, 0.2) is 5.96 Å². The number of nitrogens with zero attached hydrogens (tertiary/aromatic N) is 1. The first-order chi connectivity index (χ1) is 12.0. The zero-order valence-electron chi connectivity index (χ0n) is 13.6. The van der Waals surface area contributed by atoms with Crippen molar-refractivity contribution >= 4 is 5.96 Å². The largest absolute Gasteiger partial charge is 0.435 e. The summed E-state index contributed by atoms with van der Waals surface area (Å²) < 4.78 is 28.7. The number of aliphatic imine (C=N–C) groups is 1. The van der Waals surface area contributed by atoms with Crippen molar-refractivity contribution in [3.8, 4) is 5.75 Å². The fourth-order valence-corrected chi connectivity index (χ4v) is 2.22. The SMILES string of the molecule is NC(=NCC(O)c1cccc(OC(F)F)c1)NCCc1ccccc1. The molecule has 0 bridgehead atoms.